The zero-order valence-electron chi connectivity index (χ0n) is 23.3. The largest absolute Gasteiger partial charge is 0.355 e. The maximum Gasteiger partial charge on any atom is 0.237 e. The van der Waals surface area contributed by atoms with Crippen LogP contribution >= 0.6 is 23.2 Å². The van der Waals surface area contributed by atoms with Crippen molar-refractivity contribution in [3.63, 3.8) is 0 Å². The van der Waals surface area contributed by atoms with Gasteiger partial charge in [0.2, 0.25) is 5.91 Å². The molecule has 0 bridgehead atoms. The second-order valence-electron chi connectivity index (χ2n) is 12.2. The van der Waals surface area contributed by atoms with Crippen LogP contribution in [0, 0.1) is 28.4 Å². The molecule has 0 aromatic heterocycles. The van der Waals surface area contributed by atoms with E-state index >= 15 is 4.39 Å². The normalized spacial score (nSPS) is 27.9. The summed E-state index contributed by atoms with van der Waals surface area (Å²) in [5.41, 5.74) is -1.42. The zero-order chi connectivity index (χ0) is 29.5. The zero-order valence-corrected chi connectivity index (χ0v) is 24.8. The van der Waals surface area contributed by atoms with Gasteiger partial charge in [0.1, 0.15) is 17.0 Å². The Kier molecular flexibility index (Phi) is 8.85. The van der Waals surface area contributed by atoms with E-state index in [1.807, 2.05) is 34.6 Å². The second-order valence-corrected chi connectivity index (χ2v) is 13.0. The highest BCUT2D eigenvalue weighted by Gasteiger charge is 2.60. The van der Waals surface area contributed by atoms with E-state index < -0.39 is 46.7 Å². The molecule has 4 rings (SSSR count). The molecule has 4 unspecified atom stereocenters. The number of nitrogens with one attached hydrogen (secondary N) is 2. The molecule has 2 aliphatic heterocycles. The molecule has 2 N–H and O–H groups in total. The van der Waals surface area contributed by atoms with Crippen LogP contribution in [0.15, 0.2) is 36.4 Å². The first-order valence-corrected chi connectivity index (χ1v) is 14.1. The minimum atomic E-state index is -1.53. The summed E-state index contributed by atoms with van der Waals surface area (Å²) >= 11 is 12.2. The summed E-state index contributed by atoms with van der Waals surface area (Å²) < 4.78 is 42.0. The highest BCUT2D eigenvalue weighted by Crippen LogP contribution is 2.52. The number of amides is 1. The van der Waals surface area contributed by atoms with Crippen LogP contribution in [-0.2, 0) is 19.7 Å². The number of nitrogens with zero attached hydrogens (tertiary/aromatic N) is 1. The number of ether oxygens (including phenoxy) is 2. The van der Waals surface area contributed by atoms with Crippen LogP contribution in [0.3, 0.4) is 0 Å². The van der Waals surface area contributed by atoms with Crippen LogP contribution in [0.2, 0.25) is 10.0 Å². The first-order valence-electron chi connectivity index (χ1n) is 13.3. The minimum absolute atomic E-state index is 0.0998. The molecule has 2 aromatic rings. The lowest BCUT2D eigenvalue weighted by Gasteiger charge is -2.37. The predicted octanol–water partition coefficient (Wildman–Crippen LogP) is 6.25. The lowest BCUT2D eigenvalue weighted by Crippen LogP contribution is -2.46. The van der Waals surface area contributed by atoms with Crippen molar-refractivity contribution in [1.29, 1.82) is 5.26 Å². The van der Waals surface area contributed by atoms with Crippen molar-refractivity contribution in [2.24, 2.45) is 5.41 Å². The van der Waals surface area contributed by atoms with Gasteiger partial charge in [-0.05, 0) is 61.4 Å². The quantitative estimate of drug-likeness (QED) is 0.396. The van der Waals surface area contributed by atoms with Gasteiger partial charge in [-0.2, -0.15) is 5.26 Å². The molecule has 5 atom stereocenters. The summed E-state index contributed by atoms with van der Waals surface area (Å²) in [7, 11) is 0. The number of carbonyl (C=O) groups is 1. The summed E-state index contributed by atoms with van der Waals surface area (Å²) in [6.07, 6.45) is 0.766. The van der Waals surface area contributed by atoms with Crippen molar-refractivity contribution in [2.45, 2.75) is 82.8 Å². The molecular formula is C30H35Cl2F2N3O3. The Morgan fingerprint density at radius 3 is 2.52 bits per heavy atom. The van der Waals surface area contributed by atoms with Crippen molar-refractivity contribution >= 4 is 29.1 Å². The third-order valence-electron chi connectivity index (χ3n) is 7.58. The SMILES string of the molecule is CC(C)(C)CC1NC(C(=O)NCC[C@H]2COC(C)(C)O2)C(c2cccc(Cl)c2F)C1(C#N)c1ccc(Cl)c(F)c1. The Labute approximate surface area is 244 Å². The maximum atomic E-state index is 15.7. The highest BCUT2D eigenvalue weighted by molar-refractivity contribution is 6.31. The molecular weight excluding hydrogens is 559 g/mol. The van der Waals surface area contributed by atoms with Gasteiger partial charge in [-0.1, -0.05) is 62.2 Å². The lowest BCUT2D eigenvalue weighted by molar-refractivity contribution is -0.138. The fourth-order valence-corrected chi connectivity index (χ4v) is 6.19. The maximum absolute atomic E-state index is 15.7. The predicted molar refractivity (Wildman–Crippen MR) is 150 cm³/mol. The summed E-state index contributed by atoms with van der Waals surface area (Å²) in [5.74, 6) is -3.56. The summed E-state index contributed by atoms with van der Waals surface area (Å²) in [6, 6.07) is 9.42. The smallest absolute Gasteiger partial charge is 0.237 e. The molecule has 2 aromatic carbocycles. The van der Waals surface area contributed by atoms with Crippen molar-refractivity contribution in [2.75, 3.05) is 13.2 Å². The second kappa shape index (κ2) is 11.5. The van der Waals surface area contributed by atoms with E-state index in [9.17, 15) is 14.4 Å². The van der Waals surface area contributed by atoms with Gasteiger partial charge >= 0.3 is 0 Å². The number of benzene rings is 2. The molecule has 2 fully saturated rings. The molecule has 2 saturated heterocycles. The van der Waals surface area contributed by atoms with Crippen molar-refractivity contribution in [1.82, 2.24) is 10.6 Å². The molecule has 0 spiro atoms. The van der Waals surface area contributed by atoms with Crippen molar-refractivity contribution in [3.05, 3.63) is 69.2 Å². The van der Waals surface area contributed by atoms with Gasteiger partial charge in [0.05, 0.1) is 34.9 Å². The number of nitriles is 1. The summed E-state index contributed by atoms with van der Waals surface area (Å²) in [6.45, 7) is 10.4. The van der Waals surface area contributed by atoms with Gasteiger partial charge in [0.25, 0.3) is 0 Å². The van der Waals surface area contributed by atoms with E-state index in [2.05, 4.69) is 16.7 Å². The molecule has 2 aliphatic rings. The Bertz CT molecular complexity index is 1310. The topological polar surface area (TPSA) is 83.4 Å². The Balaban J connectivity index is 1.78. The van der Waals surface area contributed by atoms with Crippen LogP contribution in [0.5, 0.6) is 0 Å². The van der Waals surface area contributed by atoms with Crippen LogP contribution in [-0.4, -0.2) is 43.0 Å². The molecule has 0 radical (unpaired) electrons. The van der Waals surface area contributed by atoms with Crippen LogP contribution in [0.25, 0.3) is 0 Å². The molecule has 2 heterocycles. The minimum Gasteiger partial charge on any atom is -0.355 e. The number of hydrogen-bond acceptors (Lipinski definition) is 5. The third kappa shape index (κ3) is 6.14. The van der Waals surface area contributed by atoms with Crippen LogP contribution in [0.1, 0.15) is 64.5 Å². The van der Waals surface area contributed by atoms with E-state index in [1.54, 1.807) is 12.1 Å². The van der Waals surface area contributed by atoms with E-state index in [4.69, 9.17) is 32.7 Å². The van der Waals surface area contributed by atoms with E-state index in [1.165, 1.54) is 24.3 Å². The summed E-state index contributed by atoms with van der Waals surface area (Å²) in [4.78, 5) is 13.8. The number of hydrogen-bond donors (Lipinski definition) is 2. The van der Waals surface area contributed by atoms with Gasteiger partial charge in [-0.3, -0.25) is 4.79 Å². The molecule has 40 heavy (non-hydrogen) atoms. The van der Waals surface area contributed by atoms with Gasteiger partial charge in [0, 0.05) is 18.5 Å². The molecule has 216 valence electrons. The van der Waals surface area contributed by atoms with Gasteiger partial charge in [0.15, 0.2) is 5.79 Å². The molecule has 6 nitrogen and oxygen atoms in total. The first kappa shape index (κ1) is 30.7. The fraction of sp³-hybridized carbons (Fsp3) is 0.533. The number of rotatable bonds is 7. The summed E-state index contributed by atoms with van der Waals surface area (Å²) in [5, 5.41) is 16.9. The number of halogens is 4. The number of carbonyl (C=O) groups excluding carboxylic acids is 1. The molecule has 0 saturated carbocycles. The van der Waals surface area contributed by atoms with Crippen molar-refractivity contribution in [3.8, 4) is 6.07 Å². The third-order valence-corrected chi connectivity index (χ3v) is 8.18. The van der Waals surface area contributed by atoms with Gasteiger partial charge in [-0.15, -0.1) is 0 Å². The average Bonchev–Trinajstić information content (AvgIpc) is 3.38. The van der Waals surface area contributed by atoms with Crippen LogP contribution in [0.4, 0.5) is 8.78 Å². The lowest BCUT2D eigenvalue weighted by atomic mass is 9.63. The van der Waals surface area contributed by atoms with Crippen molar-refractivity contribution < 1.29 is 23.0 Å². The molecule has 1 amide bonds. The van der Waals surface area contributed by atoms with E-state index in [-0.39, 0.29) is 33.7 Å². The van der Waals surface area contributed by atoms with Gasteiger partial charge in [-0.25, -0.2) is 8.78 Å². The Hall–Kier alpha value is -2.28. The van der Waals surface area contributed by atoms with Gasteiger partial charge < -0.3 is 20.1 Å². The molecule has 0 aliphatic carbocycles. The molecule has 10 heteroatoms. The highest BCUT2D eigenvalue weighted by atomic mass is 35.5. The fourth-order valence-electron chi connectivity index (χ4n) is 5.89. The Morgan fingerprint density at radius 2 is 1.93 bits per heavy atom. The average molecular weight is 595 g/mol. The Morgan fingerprint density at radius 1 is 1.20 bits per heavy atom. The van der Waals surface area contributed by atoms with E-state index in [0.29, 0.717) is 25.0 Å². The standard InChI is InChI=1S/C30H35Cl2F2N3O3/c1-28(2,3)14-23-30(16-35,17-9-10-20(31)22(33)13-17)24(19-7-6-8-21(32)25(19)34)26(37-23)27(38)36-12-11-18-15-39-29(4,5)40-18/h6-10,13,18,23-24,26,37H,11-12,14-15H2,1-5H3,(H,36,38)/t18-,23?,24?,26?,30?/m0/s1. The first-order chi connectivity index (χ1) is 18.7. The van der Waals surface area contributed by atoms with E-state index in [0.717, 1.165) is 0 Å². The van der Waals surface area contributed by atoms with Crippen LogP contribution < -0.4 is 10.6 Å². The monoisotopic (exact) mass is 593 g/mol.